The van der Waals surface area contributed by atoms with E-state index in [4.69, 9.17) is 9.47 Å². The van der Waals surface area contributed by atoms with E-state index >= 15 is 0 Å². The summed E-state index contributed by atoms with van der Waals surface area (Å²) in [7, 11) is -3.77. The van der Waals surface area contributed by atoms with Gasteiger partial charge in [-0.15, -0.1) is 0 Å². The molecule has 0 spiro atoms. The number of fused-ring (bicyclic) bond motifs is 1. The van der Waals surface area contributed by atoms with Gasteiger partial charge in [-0.05, 0) is 37.3 Å². The van der Waals surface area contributed by atoms with Crippen LogP contribution in [0.5, 0.6) is 5.75 Å². The molecule has 33 heavy (non-hydrogen) atoms. The number of carbonyl (C=O) groups is 1. The normalized spacial score (nSPS) is 14.9. The fourth-order valence-corrected chi connectivity index (χ4v) is 5.87. The van der Waals surface area contributed by atoms with Crippen molar-refractivity contribution in [2.75, 3.05) is 56.7 Å². The third-order valence-electron chi connectivity index (χ3n) is 5.35. The minimum absolute atomic E-state index is 0.136. The lowest BCUT2D eigenvalue weighted by molar-refractivity contribution is -0.116. The summed E-state index contributed by atoms with van der Waals surface area (Å²) in [4.78, 5) is 21.8. The van der Waals surface area contributed by atoms with Crippen LogP contribution in [-0.4, -0.2) is 76.0 Å². The predicted octanol–water partition coefficient (Wildman–Crippen LogP) is 2.83. The molecule has 2 aromatic carbocycles. The van der Waals surface area contributed by atoms with Gasteiger partial charge < -0.3 is 9.47 Å². The van der Waals surface area contributed by atoms with Crippen LogP contribution >= 0.6 is 11.3 Å². The van der Waals surface area contributed by atoms with Crippen molar-refractivity contribution in [1.82, 2.24) is 9.88 Å². The van der Waals surface area contributed by atoms with Gasteiger partial charge in [0.15, 0.2) is 15.0 Å². The molecule has 0 aliphatic carbocycles. The second-order valence-electron chi connectivity index (χ2n) is 7.63. The molecule has 3 aromatic rings. The SMILES string of the molecule is CCOc1ccc2nc(N(CCN3CCOCC3)C(=O)CS(=O)(=O)c3ccccc3)sc2c1. The van der Waals surface area contributed by atoms with Crippen LogP contribution in [0.25, 0.3) is 10.2 Å². The van der Waals surface area contributed by atoms with Crippen molar-refractivity contribution in [1.29, 1.82) is 0 Å². The number of rotatable bonds is 9. The van der Waals surface area contributed by atoms with Crippen LogP contribution in [-0.2, 0) is 19.4 Å². The number of benzene rings is 2. The molecule has 0 radical (unpaired) electrons. The minimum Gasteiger partial charge on any atom is -0.494 e. The Morgan fingerprint density at radius 2 is 1.94 bits per heavy atom. The molecule has 176 valence electrons. The van der Waals surface area contributed by atoms with Gasteiger partial charge in [0.2, 0.25) is 5.91 Å². The first-order valence-electron chi connectivity index (χ1n) is 10.9. The van der Waals surface area contributed by atoms with Crippen LogP contribution < -0.4 is 9.64 Å². The average molecular weight is 490 g/mol. The minimum atomic E-state index is -3.77. The number of nitrogens with zero attached hydrogens (tertiary/aromatic N) is 3. The molecule has 10 heteroatoms. The third kappa shape index (κ3) is 5.89. The molecule has 0 N–H and O–H groups in total. The Morgan fingerprint density at radius 1 is 1.18 bits per heavy atom. The van der Waals surface area contributed by atoms with Crippen molar-refractivity contribution in [3.63, 3.8) is 0 Å². The zero-order valence-corrected chi connectivity index (χ0v) is 20.1. The van der Waals surface area contributed by atoms with Crippen molar-refractivity contribution >= 4 is 42.4 Å². The largest absolute Gasteiger partial charge is 0.494 e. The molecule has 1 amide bonds. The van der Waals surface area contributed by atoms with E-state index in [9.17, 15) is 13.2 Å². The van der Waals surface area contributed by atoms with Gasteiger partial charge in [-0.2, -0.15) is 0 Å². The molecule has 1 saturated heterocycles. The van der Waals surface area contributed by atoms with Crippen LogP contribution in [0.1, 0.15) is 6.92 Å². The fraction of sp³-hybridized carbons (Fsp3) is 0.391. The first kappa shape index (κ1) is 23.6. The van der Waals surface area contributed by atoms with Crippen molar-refractivity contribution in [3.8, 4) is 5.75 Å². The Hall–Kier alpha value is -2.53. The molecule has 0 saturated carbocycles. The highest BCUT2D eigenvalue weighted by atomic mass is 32.2. The molecule has 0 atom stereocenters. The second-order valence-corrected chi connectivity index (χ2v) is 10.6. The standard InChI is InChI=1S/C23H27N3O5S2/c1-2-31-18-8-9-20-21(16-18)32-23(24-20)26(11-10-25-12-14-30-15-13-25)22(27)17-33(28,29)19-6-4-3-5-7-19/h3-9,16H,2,10-15,17H2,1H3. The predicted molar refractivity (Wildman–Crippen MR) is 129 cm³/mol. The number of hydrogen-bond donors (Lipinski definition) is 0. The number of ether oxygens (including phenoxy) is 2. The van der Waals surface area contributed by atoms with E-state index in [1.807, 2.05) is 25.1 Å². The third-order valence-corrected chi connectivity index (χ3v) is 8.01. The zero-order valence-electron chi connectivity index (χ0n) is 18.5. The molecular weight excluding hydrogens is 462 g/mol. The number of morpholine rings is 1. The zero-order chi connectivity index (χ0) is 23.3. The van der Waals surface area contributed by atoms with E-state index in [1.165, 1.54) is 28.4 Å². The number of thiazole rings is 1. The van der Waals surface area contributed by atoms with Crippen molar-refractivity contribution in [2.45, 2.75) is 11.8 Å². The maximum Gasteiger partial charge on any atom is 0.244 e. The van der Waals surface area contributed by atoms with Gasteiger partial charge in [0.05, 0.1) is 34.9 Å². The Labute approximate surface area is 197 Å². The molecule has 8 nitrogen and oxygen atoms in total. The van der Waals surface area contributed by atoms with Gasteiger partial charge in [-0.1, -0.05) is 29.5 Å². The Morgan fingerprint density at radius 3 is 2.67 bits per heavy atom. The molecular formula is C23H27N3O5S2. The maximum absolute atomic E-state index is 13.3. The van der Waals surface area contributed by atoms with Crippen molar-refractivity contribution < 1.29 is 22.7 Å². The summed E-state index contributed by atoms with van der Waals surface area (Å²) in [6, 6.07) is 13.6. The van der Waals surface area contributed by atoms with Crippen molar-refractivity contribution in [2.24, 2.45) is 0 Å². The maximum atomic E-state index is 13.3. The number of hydrogen-bond acceptors (Lipinski definition) is 8. The van der Waals surface area contributed by atoms with Gasteiger partial charge in [0, 0.05) is 26.2 Å². The summed E-state index contributed by atoms with van der Waals surface area (Å²) in [5, 5.41) is 0.486. The van der Waals surface area contributed by atoms with Crippen LogP contribution in [0.3, 0.4) is 0 Å². The first-order valence-corrected chi connectivity index (χ1v) is 13.3. The first-order chi connectivity index (χ1) is 16.0. The van der Waals surface area contributed by atoms with Crippen LogP contribution in [0.4, 0.5) is 5.13 Å². The highest BCUT2D eigenvalue weighted by Crippen LogP contribution is 2.32. The van der Waals surface area contributed by atoms with E-state index in [2.05, 4.69) is 9.88 Å². The molecule has 0 unspecified atom stereocenters. The molecule has 1 aromatic heterocycles. The van der Waals surface area contributed by atoms with E-state index in [-0.39, 0.29) is 4.90 Å². The summed E-state index contributed by atoms with van der Waals surface area (Å²) in [6.45, 7) is 6.29. The van der Waals surface area contributed by atoms with Gasteiger partial charge in [0.25, 0.3) is 0 Å². The van der Waals surface area contributed by atoms with Crippen LogP contribution in [0.2, 0.25) is 0 Å². The second kappa shape index (κ2) is 10.6. The summed E-state index contributed by atoms with van der Waals surface area (Å²) in [5.41, 5.74) is 0.744. The fourth-order valence-electron chi connectivity index (χ4n) is 3.61. The van der Waals surface area contributed by atoms with E-state index in [1.54, 1.807) is 18.2 Å². The average Bonchev–Trinajstić information content (AvgIpc) is 3.23. The van der Waals surface area contributed by atoms with E-state index in [0.29, 0.717) is 38.0 Å². The lowest BCUT2D eigenvalue weighted by Crippen LogP contribution is -2.44. The number of aromatic nitrogens is 1. The number of anilines is 1. The van der Waals surface area contributed by atoms with Gasteiger partial charge in [0.1, 0.15) is 11.5 Å². The van der Waals surface area contributed by atoms with Gasteiger partial charge in [-0.25, -0.2) is 13.4 Å². The highest BCUT2D eigenvalue weighted by Gasteiger charge is 2.27. The molecule has 1 fully saturated rings. The summed E-state index contributed by atoms with van der Waals surface area (Å²) < 4.78 is 37.6. The topological polar surface area (TPSA) is 89.0 Å². The smallest absolute Gasteiger partial charge is 0.244 e. The number of sulfone groups is 1. The lowest BCUT2D eigenvalue weighted by atomic mass is 10.3. The van der Waals surface area contributed by atoms with Gasteiger partial charge in [-0.3, -0.25) is 14.6 Å². The molecule has 4 rings (SSSR count). The molecule has 0 bridgehead atoms. The van der Waals surface area contributed by atoms with Crippen LogP contribution in [0, 0.1) is 0 Å². The highest BCUT2D eigenvalue weighted by molar-refractivity contribution is 7.92. The van der Waals surface area contributed by atoms with Crippen LogP contribution in [0.15, 0.2) is 53.4 Å². The monoisotopic (exact) mass is 489 g/mol. The van der Waals surface area contributed by atoms with E-state index < -0.39 is 21.5 Å². The Balaban J connectivity index is 1.59. The molecule has 1 aliphatic rings. The Bertz CT molecular complexity index is 1190. The summed E-state index contributed by atoms with van der Waals surface area (Å²) >= 11 is 1.36. The number of amides is 1. The summed E-state index contributed by atoms with van der Waals surface area (Å²) in [6.07, 6.45) is 0. The number of carbonyl (C=O) groups excluding carboxylic acids is 1. The van der Waals surface area contributed by atoms with Crippen molar-refractivity contribution in [3.05, 3.63) is 48.5 Å². The molecule has 2 heterocycles. The quantitative estimate of drug-likeness (QED) is 0.457. The lowest BCUT2D eigenvalue weighted by Gasteiger charge is -2.29. The van der Waals surface area contributed by atoms with E-state index in [0.717, 1.165) is 29.1 Å². The Kier molecular flexibility index (Phi) is 7.59. The summed E-state index contributed by atoms with van der Waals surface area (Å²) in [5.74, 6) is -0.366. The van der Waals surface area contributed by atoms with Gasteiger partial charge >= 0.3 is 0 Å². The molecule has 1 aliphatic heterocycles.